The molecule has 0 saturated carbocycles. The summed E-state index contributed by atoms with van der Waals surface area (Å²) in [5.41, 5.74) is 14.4. The second-order valence-electron chi connectivity index (χ2n) is 4.64. The molecule has 0 amide bonds. The molecule has 1 atom stereocenters. The Kier molecular flexibility index (Phi) is 5.64. The monoisotopic (exact) mass is 295 g/mol. The minimum absolute atomic E-state index is 0. The third-order valence-electron chi connectivity index (χ3n) is 3.20. The van der Waals surface area contributed by atoms with Crippen LogP contribution < -0.4 is 22.1 Å². The summed E-state index contributed by atoms with van der Waals surface area (Å²) < 4.78 is 0. The van der Waals surface area contributed by atoms with Gasteiger partial charge in [-0.05, 0) is 36.0 Å². The number of halogens is 1. The van der Waals surface area contributed by atoms with Crippen molar-refractivity contribution in [2.24, 2.45) is 11.5 Å². The normalized spacial score (nSPS) is 13.8. The fourth-order valence-corrected chi connectivity index (χ4v) is 2.35. The van der Waals surface area contributed by atoms with Crippen molar-refractivity contribution < 1.29 is 0 Å². The zero-order chi connectivity index (χ0) is 13.8. The highest BCUT2D eigenvalue weighted by atomic mass is 35.5. The Bertz CT molecular complexity index is 502. The summed E-state index contributed by atoms with van der Waals surface area (Å²) in [6.07, 6.45) is 3.42. The molecule has 0 saturated heterocycles. The number of hydrogen-bond acceptors (Lipinski definition) is 2. The highest BCUT2D eigenvalue weighted by Crippen LogP contribution is 2.25. The Morgan fingerprint density at radius 2 is 1.85 bits per heavy atom. The van der Waals surface area contributed by atoms with Gasteiger partial charge in [-0.15, -0.1) is 12.4 Å². The Morgan fingerprint density at radius 1 is 1.15 bits per heavy atom. The van der Waals surface area contributed by atoms with Crippen molar-refractivity contribution in [2.45, 2.75) is 25.3 Å². The van der Waals surface area contributed by atoms with Crippen molar-refractivity contribution >= 4 is 24.3 Å². The molecule has 1 aliphatic rings. The molecule has 0 fully saturated rings. The van der Waals surface area contributed by atoms with Crippen LogP contribution in [0.1, 0.15) is 29.2 Å². The van der Waals surface area contributed by atoms with Crippen LogP contribution in [0.3, 0.4) is 0 Å². The minimum Gasteiger partial charge on any atom is -0.370 e. The van der Waals surface area contributed by atoms with Crippen LogP contribution in [0.2, 0.25) is 0 Å². The molecule has 20 heavy (non-hydrogen) atoms. The van der Waals surface area contributed by atoms with Crippen molar-refractivity contribution in [1.82, 2.24) is 10.6 Å². The topological polar surface area (TPSA) is 124 Å². The molecule has 0 aromatic heterocycles. The van der Waals surface area contributed by atoms with Gasteiger partial charge in [-0.1, -0.05) is 18.2 Å². The number of fused-ring (bicyclic) bond motifs is 1. The summed E-state index contributed by atoms with van der Waals surface area (Å²) in [7, 11) is 0. The SMILES string of the molecule is Cl.N=C(N)N[CH]C(NC(=N)N)c1ccc2c(c1)CCC2. The van der Waals surface area contributed by atoms with E-state index in [4.69, 9.17) is 22.3 Å². The van der Waals surface area contributed by atoms with Crippen molar-refractivity contribution in [3.63, 3.8) is 0 Å². The third-order valence-corrected chi connectivity index (χ3v) is 3.20. The molecule has 0 bridgehead atoms. The number of rotatable bonds is 4. The molecule has 1 aromatic carbocycles. The van der Waals surface area contributed by atoms with Gasteiger partial charge in [0.1, 0.15) is 0 Å². The maximum Gasteiger partial charge on any atom is 0.186 e. The van der Waals surface area contributed by atoms with Gasteiger partial charge in [-0.2, -0.15) is 0 Å². The minimum atomic E-state index is -0.285. The molecule has 1 radical (unpaired) electrons. The first-order valence-electron chi connectivity index (χ1n) is 6.22. The molecule has 1 aliphatic carbocycles. The summed E-state index contributed by atoms with van der Waals surface area (Å²) >= 11 is 0. The van der Waals surface area contributed by atoms with E-state index in [1.165, 1.54) is 17.5 Å². The van der Waals surface area contributed by atoms with Crippen molar-refractivity contribution in [2.75, 3.05) is 0 Å². The van der Waals surface area contributed by atoms with Crippen LogP contribution in [0.25, 0.3) is 0 Å². The lowest BCUT2D eigenvalue weighted by molar-refractivity contribution is 0.692. The molecule has 7 heteroatoms. The standard InChI is InChI=1S/C13H19N6.ClH/c14-12(15)18-7-11(19-13(16)17)10-5-4-8-2-1-3-9(8)6-10;/h4-7,11H,1-3H2,(H4,14,15,18)(H4,16,17,19);1H. The molecule has 0 heterocycles. The first-order valence-corrected chi connectivity index (χ1v) is 6.22. The van der Waals surface area contributed by atoms with E-state index < -0.39 is 0 Å². The number of nitrogens with two attached hydrogens (primary N) is 2. The molecular formula is C13H20ClN6. The maximum atomic E-state index is 7.35. The molecule has 0 aliphatic heterocycles. The van der Waals surface area contributed by atoms with Crippen LogP contribution in [0.5, 0.6) is 0 Å². The van der Waals surface area contributed by atoms with E-state index in [9.17, 15) is 0 Å². The van der Waals surface area contributed by atoms with E-state index in [2.05, 4.69) is 22.8 Å². The van der Waals surface area contributed by atoms with Crippen LogP contribution in [-0.2, 0) is 12.8 Å². The predicted octanol–water partition coefficient (Wildman–Crippen LogP) is 0.766. The number of hydrogen-bond donors (Lipinski definition) is 6. The number of benzene rings is 1. The van der Waals surface area contributed by atoms with E-state index in [0.29, 0.717) is 0 Å². The second-order valence-corrected chi connectivity index (χ2v) is 4.64. The van der Waals surface area contributed by atoms with Crippen LogP contribution in [0.4, 0.5) is 0 Å². The molecule has 109 valence electrons. The number of nitrogens with one attached hydrogen (secondary N) is 4. The van der Waals surface area contributed by atoms with Gasteiger partial charge in [0, 0.05) is 0 Å². The Balaban J connectivity index is 0.00000200. The Morgan fingerprint density at radius 3 is 2.50 bits per heavy atom. The van der Waals surface area contributed by atoms with Gasteiger partial charge < -0.3 is 22.1 Å². The smallest absolute Gasteiger partial charge is 0.186 e. The molecule has 0 spiro atoms. The first-order chi connectivity index (χ1) is 9.06. The average molecular weight is 296 g/mol. The van der Waals surface area contributed by atoms with Gasteiger partial charge in [-0.3, -0.25) is 10.8 Å². The summed E-state index contributed by atoms with van der Waals surface area (Å²) in [5.74, 6) is -0.261. The highest BCUT2D eigenvalue weighted by Gasteiger charge is 2.17. The molecule has 2 rings (SSSR count). The molecule has 1 aromatic rings. The van der Waals surface area contributed by atoms with Crippen LogP contribution in [0, 0.1) is 17.4 Å². The van der Waals surface area contributed by atoms with Crippen molar-refractivity contribution in [3.05, 3.63) is 41.4 Å². The van der Waals surface area contributed by atoms with Gasteiger partial charge in [-0.25, -0.2) is 0 Å². The molecular weight excluding hydrogens is 276 g/mol. The fourth-order valence-electron chi connectivity index (χ4n) is 2.35. The fraction of sp³-hybridized carbons (Fsp3) is 0.308. The lowest BCUT2D eigenvalue weighted by Gasteiger charge is -2.20. The quantitative estimate of drug-likeness (QED) is 0.362. The Labute approximate surface area is 124 Å². The molecule has 8 N–H and O–H groups in total. The number of aryl methyl sites for hydroxylation is 2. The van der Waals surface area contributed by atoms with E-state index in [1.54, 1.807) is 6.54 Å². The van der Waals surface area contributed by atoms with Crippen LogP contribution in [-0.4, -0.2) is 11.9 Å². The first kappa shape index (κ1) is 16.1. The van der Waals surface area contributed by atoms with Crippen LogP contribution >= 0.6 is 12.4 Å². The second kappa shape index (κ2) is 7.00. The van der Waals surface area contributed by atoms with E-state index in [-0.39, 0.29) is 30.4 Å². The van der Waals surface area contributed by atoms with Gasteiger partial charge in [0.15, 0.2) is 11.9 Å². The van der Waals surface area contributed by atoms with Gasteiger partial charge in [0.2, 0.25) is 0 Å². The average Bonchev–Trinajstić information content (AvgIpc) is 2.80. The third kappa shape index (κ3) is 4.03. The van der Waals surface area contributed by atoms with E-state index in [0.717, 1.165) is 18.4 Å². The molecule has 1 unspecified atom stereocenters. The predicted molar refractivity (Wildman–Crippen MR) is 82.9 cm³/mol. The summed E-state index contributed by atoms with van der Waals surface area (Å²) in [6, 6.07) is 5.98. The Hall–Kier alpha value is -1.95. The zero-order valence-electron chi connectivity index (χ0n) is 11.1. The number of guanidine groups is 2. The van der Waals surface area contributed by atoms with Crippen molar-refractivity contribution in [3.8, 4) is 0 Å². The van der Waals surface area contributed by atoms with E-state index in [1.807, 2.05) is 6.07 Å². The van der Waals surface area contributed by atoms with Crippen molar-refractivity contribution in [1.29, 1.82) is 10.8 Å². The maximum absolute atomic E-state index is 7.35. The largest absolute Gasteiger partial charge is 0.370 e. The van der Waals surface area contributed by atoms with Gasteiger partial charge in [0.25, 0.3) is 0 Å². The van der Waals surface area contributed by atoms with Gasteiger partial charge >= 0.3 is 0 Å². The highest BCUT2D eigenvalue weighted by molar-refractivity contribution is 5.85. The molecule has 6 nitrogen and oxygen atoms in total. The summed E-state index contributed by atoms with van der Waals surface area (Å²) in [6.45, 7) is 1.63. The summed E-state index contributed by atoms with van der Waals surface area (Å²) in [4.78, 5) is 0. The van der Waals surface area contributed by atoms with Gasteiger partial charge in [0.05, 0.1) is 12.6 Å². The van der Waals surface area contributed by atoms with E-state index >= 15 is 0 Å². The lowest BCUT2D eigenvalue weighted by atomic mass is 10.0. The van der Waals surface area contributed by atoms with Crippen LogP contribution in [0.15, 0.2) is 18.2 Å². The summed E-state index contributed by atoms with van der Waals surface area (Å²) in [5, 5.41) is 20.0. The lowest BCUT2D eigenvalue weighted by Crippen LogP contribution is -2.39. The zero-order valence-corrected chi connectivity index (χ0v) is 11.9.